The summed E-state index contributed by atoms with van der Waals surface area (Å²) >= 11 is 0. The number of nitrogens with zero attached hydrogens (tertiary/aromatic N) is 2. The van der Waals surface area contributed by atoms with Gasteiger partial charge in [-0.3, -0.25) is 4.79 Å². The molecule has 0 atom stereocenters. The minimum atomic E-state index is -0.490. The van der Waals surface area contributed by atoms with Gasteiger partial charge in [-0.05, 0) is 12.1 Å². The third kappa shape index (κ3) is 1.33. The lowest BCUT2D eigenvalue weighted by atomic mass is 10.1. The highest BCUT2D eigenvalue weighted by Gasteiger charge is 2.19. The Kier molecular flexibility index (Phi) is 2.04. The Bertz CT molecular complexity index is 830. The number of para-hydroxylation sites is 1. The summed E-state index contributed by atoms with van der Waals surface area (Å²) in [4.78, 5) is 15.4. The first kappa shape index (κ1) is 10.3. The molecule has 0 aliphatic carbocycles. The van der Waals surface area contributed by atoms with Crippen LogP contribution in [0, 0.1) is 11.3 Å². The molecular formula is C13H7N3O2. The Morgan fingerprint density at radius 2 is 2.11 bits per heavy atom. The lowest BCUT2D eigenvalue weighted by molar-refractivity contribution is 0.616. The van der Waals surface area contributed by atoms with Crippen LogP contribution in [0.4, 0.5) is 5.82 Å². The van der Waals surface area contributed by atoms with E-state index in [1.54, 1.807) is 12.1 Å². The van der Waals surface area contributed by atoms with Crippen molar-refractivity contribution in [2.24, 2.45) is 0 Å². The molecule has 1 aromatic carbocycles. The van der Waals surface area contributed by atoms with Crippen molar-refractivity contribution >= 4 is 16.8 Å². The van der Waals surface area contributed by atoms with E-state index in [2.05, 4.69) is 4.98 Å². The van der Waals surface area contributed by atoms with Crippen molar-refractivity contribution in [2.45, 2.75) is 0 Å². The molecule has 0 unspecified atom stereocenters. The topological polar surface area (TPSA) is 92.9 Å². The monoisotopic (exact) mass is 237 g/mol. The fraction of sp³-hybridized carbons (Fsp3) is 0. The van der Waals surface area contributed by atoms with Gasteiger partial charge in [0.05, 0.1) is 5.56 Å². The zero-order chi connectivity index (χ0) is 12.7. The number of fused-ring (bicyclic) bond motifs is 2. The highest BCUT2D eigenvalue weighted by molar-refractivity contribution is 5.85. The first-order chi connectivity index (χ1) is 8.70. The van der Waals surface area contributed by atoms with E-state index < -0.39 is 5.56 Å². The molecule has 86 valence electrons. The number of anilines is 1. The van der Waals surface area contributed by atoms with E-state index in [9.17, 15) is 4.79 Å². The van der Waals surface area contributed by atoms with Crippen molar-refractivity contribution in [1.82, 2.24) is 4.98 Å². The van der Waals surface area contributed by atoms with Gasteiger partial charge in [0, 0.05) is 5.39 Å². The summed E-state index contributed by atoms with van der Waals surface area (Å²) in [6.45, 7) is 0. The summed E-state index contributed by atoms with van der Waals surface area (Å²) in [6, 6.07) is 10.8. The van der Waals surface area contributed by atoms with Crippen LogP contribution in [0.15, 0.2) is 39.5 Å². The fourth-order valence-electron chi connectivity index (χ4n) is 1.87. The zero-order valence-corrected chi connectivity index (χ0v) is 9.18. The predicted molar refractivity (Wildman–Crippen MR) is 66.0 cm³/mol. The van der Waals surface area contributed by atoms with E-state index in [-0.39, 0.29) is 22.7 Å². The lowest BCUT2D eigenvalue weighted by Gasteiger charge is -2.08. The fourth-order valence-corrected chi connectivity index (χ4v) is 1.87. The molecule has 0 saturated carbocycles. The smallest absolute Gasteiger partial charge is 0.282 e. The third-order valence-electron chi connectivity index (χ3n) is 2.72. The predicted octanol–water partition coefficient (Wildman–Crippen LogP) is 1.75. The van der Waals surface area contributed by atoms with Gasteiger partial charge in [0.1, 0.15) is 23.0 Å². The minimum absolute atomic E-state index is 0.0929. The second kappa shape index (κ2) is 3.57. The van der Waals surface area contributed by atoms with Crippen LogP contribution in [-0.2, 0) is 0 Å². The molecular weight excluding hydrogens is 230 g/mol. The molecule has 0 radical (unpaired) electrons. The molecule has 2 aliphatic heterocycles. The van der Waals surface area contributed by atoms with Gasteiger partial charge in [-0.15, -0.1) is 0 Å². The first-order valence-electron chi connectivity index (χ1n) is 5.23. The summed E-state index contributed by atoms with van der Waals surface area (Å²) in [7, 11) is 0. The highest BCUT2D eigenvalue weighted by atomic mass is 16.3. The molecule has 2 heterocycles. The van der Waals surface area contributed by atoms with E-state index in [4.69, 9.17) is 15.4 Å². The van der Waals surface area contributed by atoms with Crippen molar-refractivity contribution in [3.05, 3.63) is 46.2 Å². The van der Waals surface area contributed by atoms with Crippen LogP contribution < -0.4 is 11.3 Å². The standard InChI is InChI=1S/C13H7N3O2/c14-6-9-11-8(13(17)16-12(9)15)5-7-3-1-2-4-10(7)18-11/h1-5H,(H2,15,16,17). The molecule has 0 fully saturated rings. The van der Waals surface area contributed by atoms with E-state index in [1.165, 1.54) is 0 Å². The minimum Gasteiger partial charge on any atom is -0.454 e. The van der Waals surface area contributed by atoms with Gasteiger partial charge in [-0.2, -0.15) is 10.2 Å². The molecule has 1 aromatic rings. The van der Waals surface area contributed by atoms with Crippen molar-refractivity contribution in [1.29, 1.82) is 5.26 Å². The largest absolute Gasteiger partial charge is 0.454 e. The second-order valence-corrected chi connectivity index (χ2v) is 3.82. The molecule has 0 saturated heterocycles. The third-order valence-corrected chi connectivity index (χ3v) is 2.72. The van der Waals surface area contributed by atoms with Gasteiger partial charge in [-0.1, -0.05) is 18.2 Å². The van der Waals surface area contributed by atoms with Crippen molar-refractivity contribution < 1.29 is 4.42 Å². The molecule has 18 heavy (non-hydrogen) atoms. The van der Waals surface area contributed by atoms with Crippen LogP contribution >= 0.6 is 0 Å². The number of benzene rings is 1. The van der Waals surface area contributed by atoms with Crippen molar-refractivity contribution in [3.8, 4) is 17.4 Å². The molecule has 0 aromatic heterocycles. The number of aromatic nitrogens is 1. The summed E-state index contributed by atoms with van der Waals surface area (Å²) in [5, 5.41) is 9.82. The zero-order valence-electron chi connectivity index (χ0n) is 9.18. The number of pyridine rings is 1. The summed E-state index contributed by atoms with van der Waals surface area (Å²) < 4.78 is 5.59. The number of nitriles is 1. The quantitative estimate of drug-likeness (QED) is 0.601. The maximum Gasteiger partial charge on any atom is 0.282 e. The molecule has 5 nitrogen and oxygen atoms in total. The lowest BCUT2D eigenvalue weighted by Crippen LogP contribution is -2.14. The number of nitrogen functional groups attached to an aromatic ring is 1. The van der Waals surface area contributed by atoms with Gasteiger partial charge < -0.3 is 10.2 Å². The SMILES string of the molecule is N#Cc1c(N)nc(=O)c2cc3ccccc3oc1-2. The highest BCUT2D eigenvalue weighted by Crippen LogP contribution is 2.29. The van der Waals surface area contributed by atoms with E-state index in [0.29, 0.717) is 5.58 Å². The van der Waals surface area contributed by atoms with Crippen LogP contribution in [0.25, 0.3) is 22.3 Å². The molecule has 2 N–H and O–H groups in total. The number of hydrogen-bond donors (Lipinski definition) is 1. The number of hydrogen-bond acceptors (Lipinski definition) is 5. The number of rotatable bonds is 0. The first-order valence-corrected chi connectivity index (χ1v) is 5.23. The summed E-state index contributed by atoms with van der Waals surface area (Å²) in [5.41, 5.74) is 6.00. The van der Waals surface area contributed by atoms with E-state index >= 15 is 0 Å². The van der Waals surface area contributed by atoms with E-state index in [1.807, 2.05) is 24.3 Å². The normalized spacial score (nSPS) is 10.6. The Morgan fingerprint density at radius 3 is 2.89 bits per heavy atom. The van der Waals surface area contributed by atoms with Crippen LogP contribution in [0.1, 0.15) is 5.56 Å². The average molecular weight is 237 g/mol. The van der Waals surface area contributed by atoms with Gasteiger partial charge in [0.15, 0.2) is 5.76 Å². The molecule has 0 spiro atoms. The Hall–Kier alpha value is -2.87. The van der Waals surface area contributed by atoms with Gasteiger partial charge in [0.2, 0.25) is 0 Å². The van der Waals surface area contributed by atoms with Crippen LogP contribution in [0.2, 0.25) is 0 Å². The second-order valence-electron chi connectivity index (χ2n) is 3.82. The summed E-state index contributed by atoms with van der Waals surface area (Å²) in [5.74, 6) is 0.0859. The number of nitrogens with two attached hydrogens (primary N) is 1. The molecule has 2 aliphatic rings. The van der Waals surface area contributed by atoms with Gasteiger partial charge >= 0.3 is 0 Å². The van der Waals surface area contributed by atoms with Crippen LogP contribution in [0.3, 0.4) is 0 Å². The van der Waals surface area contributed by atoms with Crippen LogP contribution in [-0.4, -0.2) is 4.98 Å². The summed E-state index contributed by atoms with van der Waals surface area (Å²) in [6.07, 6.45) is 0. The molecule has 0 bridgehead atoms. The maximum absolute atomic E-state index is 11.8. The average Bonchev–Trinajstić information content (AvgIpc) is 2.37. The van der Waals surface area contributed by atoms with E-state index in [0.717, 1.165) is 5.39 Å². The molecule has 0 amide bonds. The van der Waals surface area contributed by atoms with Crippen LogP contribution in [0.5, 0.6) is 0 Å². The van der Waals surface area contributed by atoms with Crippen molar-refractivity contribution in [2.75, 3.05) is 5.73 Å². The molecule has 3 rings (SSSR count). The van der Waals surface area contributed by atoms with Crippen molar-refractivity contribution in [3.63, 3.8) is 0 Å². The Balaban J connectivity index is 2.58. The maximum atomic E-state index is 11.8. The Morgan fingerprint density at radius 1 is 1.33 bits per heavy atom. The molecule has 5 heteroatoms. The Labute approximate surface area is 101 Å². The van der Waals surface area contributed by atoms with Gasteiger partial charge in [-0.25, -0.2) is 0 Å². The van der Waals surface area contributed by atoms with Gasteiger partial charge in [0.25, 0.3) is 5.56 Å².